The molecule has 0 unspecified atom stereocenters. The summed E-state index contributed by atoms with van der Waals surface area (Å²) in [5, 5.41) is 1.21. The average Bonchev–Trinajstić information content (AvgIpc) is 3.14. The van der Waals surface area contributed by atoms with Gasteiger partial charge in [0.15, 0.2) is 0 Å². The van der Waals surface area contributed by atoms with Gasteiger partial charge in [0.05, 0.1) is 0 Å². The third-order valence-corrected chi connectivity index (χ3v) is 6.44. The van der Waals surface area contributed by atoms with Crippen molar-refractivity contribution in [1.82, 2.24) is 0 Å². The molecular weight excluding hydrogens is 388 g/mol. The van der Waals surface area contributed by atoms with Crippen LogP contribution in [0.25, 0.3) is 44.5 Å². The molecule has 3 aromatic carbocycles. The monoisotopic (exact) mass is 418 g/mol. The van der Waals surface area contributed by atoms with Crippen molar-refractivity contribution in [3.05, 3.63) is 95.6 Å². The Hall–Kier alpha value is -3.32. The molecule has 1 aliphatic heterocycles. The first kappa shape index (κ1) is 20.6. The molecule has 0 spiro atoms. The standard InChI is InChI=1S/C31H30O/c1-4-11-24-25(12-5-2)30-29(28(24)22-19-17-21(3)18-20-22)26-15-9-10-16-27(26)32-31(30)23-13-7-6-8-14-23/h6-10,13-20H,4-5,11-12H2,1-3H3. The SMILES string of the molecule is CCCc1c(CCC)c(-c2ccc(C)cc2)c2c3ccccc3oc(-c3ccccc3)c1-2. The first-order valence-corrected chi connectivity index (χ1v) is 11.8. The van der Waals surface area contributed by atoms with Crippen LogP contribution in [-0.4, -0.2) is 0 Å². The average molecular weight is 419 g/mol. The van der Waals surface area contributed by atoms with Gasteiger partial charge in [0.2, 0.25) is 0 Å². The highest BCUT2D eigenvalue weighted by molar-refractivity contribution is 6.09. The van der Waals surface area contributed by atoms with Crippen molar-refractivity contribution in [2.24, 2.45) is 0 Å². The van der Waals surface area contributed by atoms with Gasteiger partial charge < -0.3 is 4.42 Å². The Balaban J connectivity index is 1.97. The summed E-state index contributed by atoms with van der Waals surface area (Å²) in [5.41, 5.74) is 11.7. The first-order valence-electron chi connectivity index (χ1n) is 11.8. The maximum atomic E-state index is 6.65. The number of hydrogen-bond acceptors (Lipinski definition) is 1. The molecule has 3 aromatic rings. The highest BCUT2D eigenvalue weighted by Gasteiger charge is 2.29. The molecule has 1 aliphatic carbocycles. The minimum Gasteiger partial charge on any atom is -0.455 e. The van der Waals surface area contributed by atoms with Crippen LogP contribution in [0.15, 0.2) is 83.3 Å². The lowest BCUT2D eigenvalue weighted by Gasteiger charge is -2.15. The molecular formula is C31H30O. The highest BCUT2D eigenvalue weighted by Crippen LogP contribution is 2.52. The van der Waals surface area contributed by atoms with Crippen LogP contribution in [0.4, 0.5) is 0 Å². The Labute approximate surface area is 191 Å². The van der Waals surface area contributed by atoms with Crippen molar-refractivity contribution in [2.75, 3.05) is 0 Å². The lowest BCUT2D eigenvalue weighted by atomic mass is 9.93. The van der Waals surface area contributed by atoms with Crippen LogP contribution in [0.5, 0.6) is 0 Å². The fraction of sp³-hybridized carbons (Fsp3) is 0.226. The van der Waals surface area contributed by atoms with Gasteiger partial charge in [-0.2, -0.15) is 0 Å². The Bertz CT molecular complexity index is 1320. The third kappa shape index (κ3) is 3.42. The molecule has 0 aromatic heterocycles. The van der Waals surface area contributed by atoms with E-state index in [-0.39, 0.29) is 0 Å². The molecule has 0 N–H and O–H groups in total. The molecule has 0 amide bonds. The van der Waals surface area contributed by atoms with Gasteiger partial charge in [0.1, 0.15) is 11.3 Å². The van der Waals surface area contributed by atoms with Gasteiger partial charge >= 0.3 is 0 Å². The van der Waals surface area contributed by atoms with E-state index < -0.39 is 0 Å². The van der Waals surface area contributed by atoms with Gasteiger partial charge in [-0.25, -0.2) is 0 Å². The summed E-state index contributed by atoms with van der Waals surface area (Å²) >= 11 is 0. The number of benzene rings is 3. The largest absolute Gasteiger partial charge is 0.455 e. The van der Waals surface area contributed by atoms with E-state index in [9.17, 15) is 0 Å². The minimum absolute atomic E-state index is 0.948. The van der Waals surface area contributed by atoms with Crippen molar-refractivity contribution < 1.29 is 4.42 Å². The molecule has 5 rings (SSSR count). The number of hydrogen-bond donors (Lipinski definition) is 0. The number of fused-ring (bicyclic) bond motifs is 3. The summed E-state index contributed by atoms with van der Waals surface area (Å²) in [5.74, 6) is 0.999. The second-order valence-corrected chi connectivity index (χ2v) is 8.74. The van der Waals surface area contributed by atoms with Gasteiger partial charge in [-0.15, -0.1) is 0 Å². The molecule has 0 saturated heterocycles. The zero-order valence-electron chi connectivity index (χ0n) is 19.2. The molecule has 1 heteroatoms. The highest BCUT2D eigenvalue weighted by atomic mass is 16.3. The van der Waals surface area contributed by atoms with Gasteiger partial charge in [-0.1, -0.05) is 105 Å². The van der Waals surface area contributed by atoms with Gasteiger partial charge in [-0.3, -0.25) is 0 Å². The lowest BCUT2D eigenvalue weighted by Crippen LogP contribution is -1.93. The Kier molecular flexibility index (Phi) is 5.57. The first-order chi connectivity index (χ1) is 15.7. The lowest BCUT2D eigenvalue weighted by molar-refractivity contribution is 0.621. The van der Waals surface area contributed by atoms with Crippen LogP contribution in [-0.2, 0) is 12.8 Å². The molecule has 160 valence electrons. The Morgan fingerprint density at radius 3 is 1.91 bits per heavy atom. The summed E-state index contributed by atoms with van der Waals surface area (Å²) in [7, 11) is 0. The van der Waals surface area contributed by atoms with Gasteiger partial charge in [-0.05, 0) is 48.1 Å². The van der Waals surface area contributed by atoms with Gasteiger partial charge in [0, 0.05) is 22.1 Å². The van der Waals surface area contributed by atoms with E-state index in [1.54, 1.807) is 0 Å². The van der Waals surface area contributed by atoms with E-state index in [2.05, 4.69) is 99.6 Å². The smallest absolute Gasteiger partial charge is 0.142 e. The van der Waals surface area contributed by atoms with Crippen LogP contribution < -0.4 is 0 Å². The predicted octanol–water partition coefficient (Wildman–Crippen LogP) is 9.09. The van der Waals surface area contributed by atoms with Crippen molar-refractivity contribution in [1.29, 1.82) is 0 Å². The van der Waals surface area contributed by atoms with E-state index in [0.29, 0.717) is 0 Å². The van der Waals surface area contributed by atoms with Crippen LogP contribution in [0, 0.1) is 6.92 Å². The van der Waals surface area contributed by atoms with Crippen LogP contribution in [0.2, 0.25) is 0 Å². The molecule has 0 fully saturated rings. The summed E-state index contributed by atoms with van der Waals surface area (Å²) in [4.78, 5) is 0. The number of para-hydroxylation sites is 1. The predicted molar refractivity (Wildman–Crippen MR) is 136 cm³/mol. The third-order valence-electron chi connectivity index (χ3n) is 6.44. The van der Waals surface area contributed by atoms with E-state index in [4.69, 9.17) is 4.42 Å². The van der Waals surface area contributed by atoms with Crippen LogP contribution >= 0.6 is 0 Å². The maximum absolute atomic E-state index is 6.65. The second kappa shape index (κ2) is 8.67. The molecule has 0 atom stereocenters. The quantitative estimate of drug-likeness (QED) is 0.268. The number of rotatable bonds is 6. The fourth-order valence-electron chi connectivity index (χ4n) is 5.05. The van der Waals surface area contributed by atoms with Crippen molar-refractivity contribution in [3.63, 3.8) is 0 Å². The molecule has 1 heterocycles. The minimum atomic E-state index is 0.948. The molecule has 1 nitrogen and oxygen atoms in total. The summed E-state index contributed by atoms with van der Waals surface area (Å²) in [6, 6.07) is 28.2. The number of aryl methyl sites for hydroxylation is 1. The normalized spacial score (nSPS) is 11.5. The maximum Gasteiger partial charge on any atom is 0.142 e. The zero-order valence-corrected chi connectivity index (χ0v) is 19.2. The molecule has 0 bridgehead atoms. The second-order valence-electron chi connectivity index (χ2n) is 8.74. The summed E-state index contributed by atoms with van der Waals surface area (Å²) in [6.45, 7) is 6.72. The molecule has 2 aliphatic rings. The van der Waals surface area contributed by atoms with Crippen molar-refractivity contribution in [2.45, 2.75) is 46.5 Å². The fourth-order valence-corrected chi connectivity index (χ4v) is 5.05. The van der Waals surface area contributed by atoms with Crippen LogP contribution in [0.1, 0.15) is 43.4 Å². The molecule has 0 saturated carbocycles. The van der Waals surface area contributed by atoms with Crippen molar-refractivity contribution in [3.8, 4) is 33.6 Å². The summed E-state index contributed by atoms with van der Waals surface area (Å²) < 4.78 is 6.65. The Morgan fingerprint density at radius 1 is 0.594 bits per heavy atom. The zero-order chi connectivity index (χ0) is 22.1. The van der Waals surface area contributed by atoms with E-state index in [1.807, 2.05) is 0 Å². The van der Waals surface area contributed by atoms with Crippen LogP contribution in [0.3, 0.4) is 0 Å². The summed E-state index contributed by atoms with van der Waals surface area (Å²) in [6.07, 6.45) is 4.38. The Morgan fingerprint density at radius 2 is 1.22 bits per heavy atom. The molecule has 0 radical (unpaired) electrons. The van der Waals surface area contributed by atoms with E-state index in [0.717, 1.165) is 42.6 Å². The topological polar surface area (TPSA) is 13.1 Å². The molecule has 32 heavy (non-hydrogen) atoms. The van der Waals surface area contributed by atoms with Crippen molar-refractivity contribution >= 4 is 11.0 Å². The van der Waals surface area contributed by atoms with Gasteiger partial charge in [0.25, 0.3) is 0 Å². The van der Waals surface area contributed by atoms with E-state index in [1.165, 1.54) is 44.3 Å². The van der Waals surface area contributed by atoms with E-state index >= 15 is 0 Å².